The number of carbonyl (C=O) groups is 1. The Labute approximate surface area is 136 Å². The number of rotatable bonds is 3. The molecule has 0 atom stereocenters. The summed E-state index contributed by atoms with van der Waals surface area (Å²) in [5.41, 5.74) is 4.81. The van der Waals surface area contributed by atoms with Crippen LogP contribution in [0.3, 0.4) is 0 Å². The molecule has 0 aliphatic rings. The van der Waals surface area contributed by atoms with Crippen molar-refractivity contribution >= 4 is 45.8 Å². The molecular weight excluding hydrogens is 387 g/mol. The smallest absolute Gasteiger partial charge is 0.267 e. The van der Waals surface area contributed by atoms with Gasteiger partial charge in [0, 0.05) is 8.59 Å². The maximum Gasteiger partial charge on any atom is 0.272 e. The van der Waals surface area contributed by atoms with Gasteiger partial charge in [-0.25, -0.2) is 5.43 Å². The highest BCUT2D eigenvalue weighted by atomic mass is 127. The molecule has 0 radical (unpaired) electrons. The first-order chi connectivity index (χ1) is 9.58. The van der Waals surface area contributed by atoms with Crippen LogP contribution in [-0.4, -0.2) is 11.6 Å². The summed E-state index contributed by atoms with van der Waals surface area (Å²) in [5, 5.41) is 4.78. The van der Waals surface area contributed by atoms with Gasteiger partial charge in [-0.2, -0.15) is 5.10 Å². The van der Waals surface area contributed by atoms with E-state index in [9.17, 15) is 4.79 Å². The average Bonchev–Trinajstić information content (AvgIpc) is 2.45. The Morgan fingerprint density at radius 2 is 1.80 bits per heavy atom. The molecule has 0 saturated heterocycles. The largest absolute Gasteiger partial charge is 0.272 e. The summed E-state index contributed by atoms with van der Waals surface area (Å²) < 4.78 is 0.891. The van der Waals surface area contributed by atoms with E-state index in [1.54, 1.807) is 18.2 Å². The molecule has 0 bridgehead atoms. The van der Waals surface area contributed by atoms with E-state index in [1.807, 2.05) is 37.3 Å². The van der Waals surface area contributed by atoms with Gasteiger partial charge in [0.1, 0.15) is 0 Å². The molecule has 102 valence electrons. The lowest BCUT2D eigenvalue weighted by molar-refractivity contribution is 0.0954. The molecule has 5 heteroatoms. The molecule has 0 heterocycles. The van der Waals surface area contributed by atoms with Crippen molar-refractivity contribution < 1.29 is 4.79 Å². The Kier molecular flexibility index (Phi) is 5.14. The van der Waals surface area contributed by atoms with E-state index in [0.29, 0.717) is 10.6 Å². The van der Waals surface area contributed by atoms with Crippen molar-refractivity contribution in [2.75, 3.05) is 0 Å². The van der Waals surface area contributed by atoms with Crippen LogP contribution in [0.1, 0.15) is 22.8 Å². The number of hydrazone groups is 1. The molecule has 1 amide bonds. The van der Waals surface area contributed by atoms with Crippen LogP contribution < -0.4 is 5.43 Å². The fraction of sp³-hybridized carbons (Fsp3) is 0.0667. The van der Waals surface area contributed by atoms with Crippen molar-refractivity contribution in [1.82, 2.24) is 5.43 Å². The summed E-state index contributed by atoms with van der Waals surface area (Å²) in [6.07, 6.45) is 0. The molecule has 0 fully saturated rings. The summed E-state index contributed by atoms with van der Waals surface area (Å²) >= 11 is 7.95. The Bertz CT molecular complexity index is 653. The van der Waals surface area contributed by atoms with E-state index >= 15 is 0 Å². The number of halogens is 2. The van der Waals surface area contributed by atoms with Crippen LogP contribution in [0.5, 0.6) is 0 Å². The molecule has 2 aromatic carbocycles. The lowest BCUT2D eigenvalue weighted by Gasteiger charge is -2.04. The number of hydrogen-bond acceptors (Lipinski definition) is 2. The molecule has 0 saturated carbocycles. The zero-order valence-corrected chi connectivity index (χ0v) is 13.6. The molecule has 3 nitrogen and oxygen atoms in total. The van der Waals surface area contributed by atoms with Gasteiger partial charge in [-0.3, -0.25) is 4.79 Å². The van der Waals surface area contributed by atoms with Crippen molar-refractivity contribution in [3.8, 4) is 0 Å². The Morgan fingerprint density at radius 1 is 1.15 bits per heavy atom. The predicted molar refractivity (Wildman–Crippen MR) is 90.3 cm³/mol. The van der Waals surface area contributed by atoms with Crippen molar-refractivity contribution in [2.24, 2.45) is 5.10 Å². The maximum absolute atomic E-state index is 12.0. The van der Waals surface area contributed by atoms with E-state index in [-0.39, 0.29) is 5.91 Å². The molecule has 1 N–H and O–H groups in total. The van der Waals surface area contributed by atoms with Crippen molar-refractivity contribution in [3.05, 3.63) is 68.3 Å². The zero-order valence-electron chi connectivity index (χ0n) is 10.7. The first-order valence-electron chi connectivity index (χ1n) is 5.93. The molecule has 0 aliphatic heterocycles. The van der Waals surface area contributed by atoms with Gasteiger partial charge in [-0.15, -0.1) is 0 Å². The number of hydrogen-bond donors (Lipinski definition) is 1. The molecule has 2 aromatic rings. The third-order valence-corrected chi connectivity index (χ3v) is 3.90. The fourth-order valence-corrected chi connectivity index (χ4v) is 2.35. The minimum absolute atomic E-state index is 0.219. The quantitative estimate of drug-likeness (QED) is 0.472. The summed E-state index contributed by atoms with van der Waals surface area (Å²) in [5.74, 6) is -0.219. The highest BCUT2D eigenvalue weighted by Crippen LogP contribution is 2.12. The maximum atomic E-state index is 12.0. The van der Waals surface area contributed by atoms with E-state index in [1.165, 1.54) is 0 Å². The topological polar surface area (TPSA) is 41.5 Å². The molecular formula is C15H12ClIN2O. The van der Waals surface area contributed by atoms with Crippen molar-refractivity contribution in [2.45, 2.75) is 6.92 Å². The highest BCUT2D eigenvalue weighted by molar-refractivity contribution is 14.1. The number of benzene rings is 2. The third kappa shape index (κ3) is 3.80. The fourth-order valence-electron chi connectivity index (χ4n) is 1.60. The van der Waals surface area contributed by atoms with E-state index < -0.39 is 0 Å². The monoisotopic (exact) mass is 398 g/mol. The van der Waals surface area contributed by atoms with Gasteiger partial charge in [-0.05, 0) is 59.3 Å². The van der Waals surface area contributed by atoms with Crippen LogP contribution in [0, 0.1) is 3.57 Å². The first kappa shape index (κ1) is 15.0. The van der Waals surface area contributed by atoms with E-state index in [2.05, 4.69) is 33.1 Å². The molecule has 0 unspecified atom stereocenters. The molecule has 2 rings (SSSR count). The summed E-state index contributed by atoms with van der Waals surface area (Å²) in [6.45, 7) is 1.83. The zero-order chi connectivity index (χ0) is 14.5. The van der Waals surface area contributed by atoms with Gasteiger partial charge >= 0.3 is 0 Å². The van der Waals surface area contributed by atoms with Gasteiger partial charge in [0.05, 0.1) is 11.3 Å². The van der Waals surface area contributed by atoms with Gasteiger partial charge in [0.2, 0.25) is 0 Å². The Morgan fingerprint density at radius 3 is 2.45 bits per heavy atom. The standard InChI is InChI=1S/C15H12ClIN2O/c1-10(11-6-8-12(16)9-7-11)18-19-15(20)13-4-2-3-5-14(13)17/h2-9H,1H3,(H,19,20)/b18-10-. The van der Waals surface area contributed by atoms with Crippen LogP contribution in [0.2, 0.25) is 5.02 Å². The lowest BCUT2D eigenvalue weighted by atomic mass is 10.1. The third-order valence-electron chi connectivity index (χ3n) is 2.71. The Balaban J connectivity index is 2.11. The summed E-state index contributed by atoms with van der Waals surface area (Å²) in [6, 6.07) is 14.7. The van der Waals surface area contributed by atoms with Crippen LogP contribution in [0.25, 0.3) is 0 Å². The normalized spacial score (nSPS) is 11.2. The van der Waals surface area contributed by atoms with Crippen molar-refractivity contribution in [3.63, 3.8) is 0 Å². The molecule has 0 aliphatic carbocycles. The van der Waals surface area contributed by atoms with Gasteiger partial charge in [-0.1, -0.05) is 35.9 Å². The van der Waals surface area contributed by atoms with E-state index in [4.69, 9.17) is 11.6 Å². The van der Waals surface area contributed by atoms with Gasteiger partial charge < -0.3 is 0 Å². The molecule has 0 spiro atoms. The van der Waals surface area contributed by atoms with Gasteiger partial charge in [0.15, 0.2) is 0 Å². The van der Waals surface area contributed by atoms with Gasteiger partial charge in [0.25, 0.3) is 5.91 Å². The van der Waals surface area contributed by atoms with Crippen molar-refractivity contribution in [1.29, 1.82) is 0 Å². The minimum atomic E-state index is -0.219. The minimum Gasteiger partial charge on any atom is -0.267 e. The number of carbonyl (C=O) groups excluding carboxylic acids is 1. The summed E-state index contributed by atoms with van der Waals surface area (Å²) in [4.78, 5) is 12.0. The predicted octanol–water partition coefficient (Wildman–Crippen LogP) is 4.10. The van der Waals surface area contributed by atoms with Crippen LogP contribution in [0.15, 0.2) is 53.6 Å². The van der Waals surface area contributed by atoms with Crippen LogP contribution in [0.4, 0.5) is 0 Å². The number of amides is 1. The second kappa shape index (κ2) is 6.85. The van der Waals surface area contributed by atoms with Crippen LogP contribution in [-0.2, 0) is 0 Å². The number of nitrogens with zero attached hydrogens (tertiary/aromatic N) is 1. The highest BCUT2D eigenvalue weighted by Gasteiger charge is 2.08. The average molecular weight is 399 g/mol. The SMILES string of the molecule is C/C(=N/NC(=O)c1ccccc1I)c1ccc(Cl)cc1. The summed E-state index contributed by atoms with van der Waals surface area (Å²) in [7, 11) is 0. The number of nitrogens with one attached hydrogen (secondary N) is 1. The van der Waals surface area contributed by atoms with E-state index in [0.717, 1.165) is 14.8 Å². The Hall–Kier alpha value is -1.40. The lowest BCUT2D eigenvalue weighted by Crippen LogP contribution is -2.20. The molecule has 0 aromatic heterocycles. The van der Waals surface area contributed by atoms with Crippen LogP contribution >= 0.6 is 34.2 Å². The second-order valence-corrected chi connectivity index (χ2v) is 5.72. The first-order valence-corrected chi connectivity index (χ1v) is 7.38. The second-order valence-electron chi connectivity index (χ2n) is 4.12. The molecule has 20 heavy (non-hydrogen) atoms.